The highest BCUT2D eigenvalue weighted by molar-refractivity contribution is 9.10. The molecular formula is C17H20BrN3O3. The van der Waals surface area contributed by atoms with Gasteiger partial charge in [0.25, 0.3) is 0 Å². The second-order valence-electron chi connectivity index (χ2n) is 5.48. The zero-order valence-electron chi connectivity index (χ0n) is 13.5. The smallest absolute Gasteiger partial charge is 0.412 e. The maximum absolute atomic E-state index is 11.8. The average molecular weight is 394 g/mol. The van der Waals surface area contributed by atoms with Gasteiger partial charge in [-0.2, -0.15) is 5.10 Å². The van der Waals surface area contributed by atoms with Crippen LogP contribution in [-0.2, 0) is 22.7 Å². The number of amides is 1. The Balaban J connectivity index is 1.72. The van der Waals surface area contributed by atoms with Crippen LogP contribution in [-0.4, -0.2) is 21.7 Å². The van der Waals surface area contributed by atoms with Crippen molar-refractivity contribution in [2.45, 2.75) is 39.3 Å². The Labute approximate surface area is 149 Å². The molecule has 0 aliphatic rings. The number of ether oxygens (including phenoxy) is 1. The molecule has 128 valence electrons. The Bertz CT molecular complexity index is 683. The predicted octanol–water partition coefficient (Wildman–Crippen LogP) is 4.15. The molecule has 0 radical (unpaired) electrons. The van der Waals surface area contributed by atoms with Gasteiger partial charge in [-0.05, 0) is 37.5 Å². The van der Waals surface area contributed by atoms with Crippen molar-refractivity contribution < 1.29 is 14.3 Å². The normalized spacial score (nSPS) is 10.4. The summed E-state index contributed by atoms with van der Waals surface area (Å²) in [6.07, 6.45) is 5.10. The number of Topliss-reactive ketones (excluding diaryl/α,β-unsaturated/α-hetero) is 1. The molecule has 0 aliphatic heterocycles. The minimum atomic E-state index is -0.519. The molecule has 0 spiro atoms. The number of halogens is 1. The second-order valence-corrected chi connectivity index (χ2v) is 6.39. The Kier molecular flexibility index (Phi) is 6.99. The van der Waals surface area contributed by atoms with Crippen LogP contribution in [0.2, 0.25) is 0 Å². The number of unbranched alkanes of at least 4 members (excludes halogenated alkanes) is 1. The lowest BCUT2D eigenvalue weighted by molar-refractivity contribution is -0.117. The first-order valence-corrected chi connectivity index (χ1v) is 8.52. The molecule has 7 heteroatoms. The van der Waals surface area contributed by atoms with Crippen molar-refractivity contribution in [3.63, 3.8) is 0 Å². The molecule has 24 heavy (non-hydrogen) atoms. The first kappa shape index (κ1) is 18.2. The summed E-state index contributed by atoms with van der Waals surface area (Å²) in [5.41, 5.74) is 1.50. The van der Waals surface area contributed by atoms with E-state index in [2.05, 4.69) is 26.3 Å². The lowest BCUT2D eigenvalue weighted by Crippen LogP contribution is -2.13. The van der Waals surface area contributed by atoms with E-state index in [9.17, 15) is 9.59 Å². The van der Waals surface area contributed by atoms with Gasteiger partial charge in [-0.25, -0.2) is 4.79 Å². The Morgan fingerprint density at radius 1 is 1.25 bits per heavy atom. The van der Waals surface area contributed by atoms with E-state index in [4.69, 9.17) is 4.74 Å². The fourth-order valence-corrected chi connectivity index (χ4v) is 2.35. The van der Waals surface area contributed by atoms with Gasteiger partial charge in [-0.15, -0.1) is 0 Å². The van der Waals surface area contributed by atoms with Crippen molar-refractivity contribution in [1.29, 1.82) is 0 Å². The van der Waals surface area contributed by atoms with Gasteiger partial charge in [0.15, 0.2) is 0 Å². The molecule has 1 heterocycles. The lowest BCUT2D eigenvalue weighted by atomic mass is 10.2. The molecule has 6 nitrogen and oxygen atoms in total. The van der Waals surface area contributed by atoms with Crippen LogP contribution in [0.15, 0.2) is 41.1 Å². The molecule has 1 amide bonds. The van der Waals surface area contributed by atoms with Crippen LogP contribution in [0.4, 0.5) is 10.5 Å². The first-order valence-electron chi connectivity index (χ1n) is 7.73. The van der Waals surface area contributed by atoms with Gasteiger partial charge in [0.05, 0.1) is 11.9 Å². The van der Waals surface area contributed by atoms with E-state index in [1.807, 2.05) is 24.3 Å². The van der Waals surface area contributed by atoms with E-state index in [0.717, 1.165) is 22.9 Å². The molecule has 1 aromatic heterocycles. The molecule has 0 unspecified atom stereocenters. The van der Waals surface area contributed by atoms with E-state index >= 15 is 0 Å². The van der Waals surface area contributed by atoms with Crippen molar-refractivity contribution in [3.05, 3.63) is 46.7 Å². The topological polar surface area (TPSA) is 73.2 Å². The summed E-state index contributed by atoms with van der Waals surface area (Å²) in [6.45, 7) is 2.51. The Hall–Kier alpha value is -2.15. The van der Waals surface area contributed by atoms with Crippen LogP contribution >= 0.6 is 15.9 Å². The van der Waals surface area contributed by atoms with E-state index in [0.29, 0.717) is 18.7 Å². The van der Waals surface area contributed by atoms with Crippen LogP contribution < -0.4 is 5.32 Å². The average Bonchev–Trinajstić information content (AvgIpc) is 2.98. The Morgan fingerprint density at radius 2 is 2.00 bits per heavy atom. The standard InChI is InChI=1S/C17H20BrN3O3/c1-13(22)4-2-3-9-21-11-16(10-19-21)20-17(23)24-12-14-5-7-15(18)8-6-14/h5-8,10-11H,2-4,9,12H2,1H3,(H,20,23). The fourth-order valence-electron chi connectivity index (χ4n) is 2.08. The molecule has 1 aromatic carbocycles. The number of rotatable bonds is 8. The first-order chi connectivity index (χ1) is 11.5. The summed E-state index contributed by atoms with van der Waals surface area (Å²) < 4.78 is 7.88. The largest absolute Gasteiger partial charge is 0.444 e. The molecule has 0 bridgehead atoms. The van der Waals surface area contributed by atoms with Gasteiger partial charge < -0.3 is 9.53 Å². The zero-order valence-corrected chi connectivity index (χ0v) is 15.1. The van der Waals surface area contributed by atoms with Gasteiger partial charge in [0.2, 0.25) is 0 Å². The van der Waals surface area contributed by atoms with E-state index in [1.54, 1.807) is 24.0 Å². The fraction of sp³-hybridized carbons (Fsp3) is 0.353. The maximum Gasteiger partial charge on any atom is 0.412 e. The highest BCUT2D eigenvalue weighted by Crippen LogP contribution is 2.12. The summed E-state index contributed by atoms with van der Waals surface area (Å²) >= 11 is 3.36. The molecular weight excluding hydrogens is 374 g/mol. The minimum absolute atomic E-state index is 0.200. The molecule has 0 fully saturated rings. The third-order valence-corrected chi connectivity index (χ3v) is 3.86. The van der Waals surface area contributed by atoms with Crippen molar-refractivity contribution in [2.24, 2.45) is 0 Å². The highest BCUT2D eigenvalue weighted by atomic mass is 79.9. The molecule has 1 N–H and O–H groups in total. The number of hydrogen-bond acceptors (Lipinski definition) is 4. The number of nitrogens with zero attached hydrogens (tertiary/aromatic N) is 2. The number of anilines is 1. The summed E-state index contributed by atoms with van der Waals surface area (Å²) in [6, 6.07) is 7.56. The monoisotopic (exact) mass is 393 g/mol. The van der Waals surface area contributed by atoms with E-state index in [1.165, 1.54) is 0 Å². The number of aromatic nitrogens is 2. The molecule has 2 rings (SSSR count). The molecule has 0 atom stereocenters. The summed E-state index contributed by atoms with van der Waals surface area (Å²) in [7, 11) is 0. The van der Waals surface area contributed by atoms with Gasteiger partial charge in [-0.3, -0.25) is 10.00 Å². The predicted molar refractivity (Wildman–Crippen MR) is 94.7 cm³/mol. The number of ketones is 1. The van der Waals surface area contributed by atoms with Crippen molar-refractivity contribution in [2.75, 3.05) is 5.32 Å². The Morgan fingerprint density at radius 3 is 2.71 bits per heavy atom. The van der Waals surface area contributed by atoms with Gasteiger partial charge >= 0.3 is 6.09 Å². The van der Waals surface area contributed by atoms with Gasteiger partial charge in [0.1, 0.15) is 12.4 Å². The van der Waals surface area contributed by atoms with Crippen LogP contribution in [0.25, 0.3) is 0 Å². The number of hydrogen-bond donors (Lipinski definition) is 1. The maximum atomic E-state index is 11.8. The second kappa shape index (κ2) is 9.22. The van der Waals surface area contributed by atoms with Crippen LogP contribution in [0.1, 0.15) is 31.7 Å². The number of nitrogens with one attached hydrogen (secondary N) is 1. The van der Waals surface area contributed by atoms with Crippen molar-refractivity contribution in [3.8, 4) is 0 Å². The van der Waals surface area contributed by atoms with E-state index in [-0.39, 0.29) is 12.4 Å². The molecule has 0 saturated carbocycles. The number of carbonyl (C=O) groups is 2. The number of benzene rings is 1. The van der Waals surface area contributed by atoms with Crippen LogP contribution in [0, 0.1) is 0 Å². The molecule has 2 aromatic rings. The molecule has 0 aliphatic carbocycles. The van der Waals surface area contributed by atoms with Gasteiger partial charge in [-0.1, -0.05) is 28.1 Å². The van der Waals surface area contributed by atoms with E-state index < -0.39 is 6.09 Å². The van der Waals surface area contributed by atoms with Gasteiger partial charge in [0, 0.05) is 23.6 Å². The summed E-state index contributed by atoms with van der Waals surface area (Å²) in [5, 5.41) is 6.81. The molecule has 0 saturated heterocycles. The lowest BCUT2D eigenvalue weighted by Gasteiger charge is -2.05. The highest BCUT2D eigenvalue weighted by Gasteiger charge is 2.06. The zero-order chi connectivity index (χ0) is 17.4. The summed E-state index contributed by atoms with van der Waals surface area (Å²) in [4.78, 5) is 22.7. The third-order valence-electron chi connectivity index (χ3n) is 3.33. The quantitative estimate of drug-likeness (QED) is 0.683. The van der Waals surface area contributed by atoms with Crippen LogP contribution in [0.5, 0.6) is 0 Å². The number of carbonyl (C=O) groups excluding carboxylic acids is 2. The van der Waals surface area contributed by atoms with Crippen molar-refractivity contribution >= 4 is 33.5 Å². The minimum Gasteiger partial charge on any atom is -0.444 e. The third kappa shape index (κ3) is 6.54. The summed E-state index contributed by atoms with van der Waals surface area (Å²) in [5.74, 6) is 0.200. The number of aryl methyl sites for hydroxylation is 1. The SMILES string of the molecule is CC(=O)CCCCn1cc(NC(=O)OCc2ccc(Br)cc2)cn1. The van der Waals surface area contributed by atoms with Crippen LogP contribution in [0.3, 0.4) is 0 Å². The van der Waals surface area contributed by atoms with Crippen molar-refractivity contribution in [1.82, 2.24) is 9.78 Å².